The van der Waals surface area contributed by atoms with Crippen LogP contribution in [0.15, 0.2) is 18.2 Å². The van der Waals surface area contributed by atoms with E-state index in [9.17, 15) is 18.4 Å². The second-order valence-electron chi connectivity index (χ2n) is 7.36. The maximum absolute atomic E-state index is 13.4. The highest BCUT2D eigenvalue weighted by Crippen LogP contribution is 2.22. The number of hydrogen-bond acceptors (Lipinski definition) is 3. The number of nitrogens with zero attached hydrogens (tertiary/aromatic N) is 2. The molecule has 2 amide bonds. The third-order valence-corrected chi connectivity index (χ3v) is 4.72. The lowest BCUT2D eigenvalue weighted by Gasteiger charge is -2.17. The molecule has 1 aliphatic rings. The van der Waals surface area contributed by atoms with Crippen LogP contribution >= 0.6 is 0 Å². The molecular formula is C20H24F2N4O2. The van der Waals surface area contributed by atoms with Gasteiger partial charge in [-0.1, -0.05) is 13.8 Å². The van der Waals surface area contributed by atoms with Crippen molar-refractivity contribution in [2.75, 3.05) is 11.9 Å². The summed E-state index contributed by atoms with van der Waals surface area (Å²) < 4.78 is 28.2. The summed E-state index contributed by atoms with van der Waals surface area (Å²) in [6, 6.07) is 3.13. The van der Waals surface area contributed by atoms with E-state index in [-0.39, 0.29) is 23.1 Å². The van der Waals surface area contributed by atoms with E-state index in [0.29, 0.717) is 25.4 Å². The molecule has 28 heavy (non-hydrogen) atoms. The molecule has 0 saturated carbocycles. The maximum Gasteiger partial charge on any atom is 0.291 e. The van der Waals surface area contributed by atoms with Gasteiger partial charge in [0.05, 0.1) is 5.69 Å². The van der Waals surface area contributed by atoms with Crippen LogP contribution < -0.4 is 10.6 Å². The Kier molecular flexibility index (Phi) is 6.06. The number of nitrogens with one attached hydrogen (secondary N) is 2. The van der Waals surface area contributed by atoms with Crippen LogP contribution in [0.25, 0.3) is 0 Å². The van der Waals surface area contributed by atoms with Gasteiger partial charge in [-0.05, 0) is 43.7 Å². The summed E-state index contributed by atoms with van der Waals surface area (Å²) in [7, 11) is 0. The van der Waals surface area contributed by atoms with Crippen molar-refractivity contribution in [1.29, 1.82) is 0 Å². The van der Waals surface area contributed by atoms with Crippen molar-refractivity contribution in [3.05, 3.63) is 47.0 Å². The van der Waals surface area contributed by atoms with Gasteiger partial charge in [0.2, 0.25) is 0 Å². The molecule has 3 rings (SSSR count). The number of hydrogen-bond donors (Lipinski definition) is 2. The number of rotatable bonds is 6. The first kappa shape index (κ1) is 20.0. The normalized spacial score (nSPS) is 13.3. The van der Waals surface area contributed by atoms with Gasteiger partial charge in [-0.2, -0.15) is 0 Å². The molecule has 8 heteroatoms. The van der Waals surface area contributed by atoms with Crippen molar-refractivity contribution in [2.45, 2.75) is 46.1 Å². The van der Waals surface area contributed by atoms with Gasteiger partial charge in [-0.25, -0.2) is 13.8 Å². The van der Waals surface area contributed by atoms with E-state index in [1.165, 1.54) is 6.07 Å². The molecule has 0 bridgehead atoms. The third-order valence-electron chi connectivity index (χ3n) is 4.72. The Morgan fingerprint density at radius 1 is 1.18 bits per heavy atom. The standard InChI is InChI=1S/C20H24F2N4O2/c1-12(2)8-9-23-19(27)17-16-5-3-4-10-26(16)18(25-17)20(28)24-13-6-7-14(21)15(22)11-13/h6-7,11-12H,3-5,8-10H2,1-2H3,(H,23,27)(H,24,28). The van der Waals surface area contributed by atoms with Crippen LogP contribution in [-0.2, 0) is 13.0 Å². The Labute approximate surface area is 162 Å². The Morgan fingerprint density at radius 3 is 2.68 bits per heavy atom. The summed E-state index contributed by atoms with van der Waals surface area (Å²) in [5.41, 5.74) is 1.13. The van der Waals surface area contributed by atoms with Crippen LogP contribution in [0.1, 0.15) is 59.9 Å². The lowest BCUT2D eigenvalue weighted by molar-refractivity contribution is 0.0946. The molecule has 2 heterocycles. The number of aromatic nitrogens is 2. The first-order valence-electron chi connectivity index (χ1n) is 9.50. The van der Waals surface area contributed by atoms with Crippen molar-refractivity contribution in [3.63, 3.8) is 0 Å². The first-order valence-corrected chi connectivity index (χ1v) is 9.50. The number of halogens is 2. The number of benzene rings is 1. The van der Waals surface area contributed by atoms with Gasteiger partial charge in [-0.3, -0.25) is 9.59 Å². The highest BCUT2D eigenvalue weighted by molar-refractivity contribution is 6.03. The molecule has 2 N–H and O–H groups in total. The van der Waals surface area contributed by atoms with Crippen LogP contribution in [-0.4, -0.2) is 27.9 Å². The molecule has 1 aromatic heterocycles. The van der Waals surface area contributed by atoms with Gasteiger partial charge in [0.1, 0.15) is 5.69 Å². The second kappa shape index (κ2) is 8.50. The molecule has 2 aromatic rings. The van der Waals surface area contributed by atoms with E-state index in [1.807, 2.05) is 0 Å². The fourth-order valence-electron chi connectivity index (χ4n) is 3.22. The number of carbonyl (C=O) groups is 2. The zero-order chi connectivity index (χ0) is 20.3. The molecule has 0 spiro atoms. The Hall–Kier alpha value is -2.77. The summed E-state index contributed by atoms with van der Waals surface area (Å²) in [6.45, 7) is 5.28. The van der Waals surface area contributed by atoms with Gasteiger partial charge < -0.3 is 15.2 Å². The van der Waals surface area contributed by atoms with E-state index in [4.69, 9.17) is 0 Å². The van der Waals surface area contributed by atoms with E-state index < -0.39 is 17.5 Å². The Balaban J connectivity index is 1.82. The van der Waals surface area contributed by atoms with Crippen molar-refractivity contribution < 1.29 is 18.4 Å². The molecule has 150 valence electrons. The highest BCUT2D eigenvalue weighted by Gasteiger charge is 2.27. The molecule has 0 aliphatic carbocycles. The minimum Gasteiger partial charge on any atom is -0.351 e. The molecule has 0 radical (unpaired) electrons. The fraction of sp³-hybridized carbons (Fsp3) is 0.450. The largest absolute Gasteiger partial charge is 0.351 e. The second-order valence-corrected chi connectivity index (χ2v) is 7.36. The van der Waals surface area contributed by atoms with Crippen molar-refractivity contribution in [2.24, 2.45) is 5.92 Å². The molecule has 0 unspecified atom stereocenters. The SMILES string of the molecule is CC(C)CCNC(=O)c1nc(C(=O)Nc2ccc(F)c(F)c2)n2c1CCCC2. The van der Waals surface area contributed by atoms with Crippen LogP contribution in [0.2, 0.25) is 0 Å². The van der Waals surface area contributed by atoms with E-state index in [2.05, 4.69) is 29.5 Å². The topological polar surface area (TPSA) is 76.0 Å². The summed E-state index contributed by atoms with van der Waals surface area (Å²) in [5.74, 6) is -2.32. The van der Waals surface area contributed by atoms with E-state index >= 15 is 0 Å². The van der Waals surface area contributed by atoms with Crippen LogP contribution in [0.3, 0.4) is 0 Å². The first-order chi connectivity index (χ1) is 13.4. The predicted octanol–water partition coefficient (Wildman–Crippen LogP) is 3.53. The Bertz CT molecular complexity index is 893. The average Bonchev–Trinajstić information content (AvgIpc) is 3.04. The molecule has 0 atom stereocenters. The van der Waals surface area contributed by atoms with Crippen molar-refractivity contribution in [1.82, 2.24) is 14.9 Å². The molecular weight excluding hydrogens is 366 g/mol. The zero-order valence-electron chi connectivity index (χ0n) is 16.0. The summed E-state index contributed by atoms with van der Waals surface area (Å²) in [6.07, 6.45) is 3.31. The van der Waals surface area contributed by atoms with Gasteiger partial charge in [0, 0.05) is 24.8 Å². The smallest absolute Gasteiger partial charge is 0.291 e. The monoisotopic (exact) mass is 390 g/mol. The van der Waals surface area contributed by atoms with Gasteiger partial charge >= 0.3 is 0 Å². The minimum atomic E-state index is -1.05. The Morgan fingerprint density at radius 2 is 1.96 bits per heavy atom. The molecule has 1 aliphatic heterocycles. The summed E-state index contributed by atoms with van der Waals surface area (Å²) >= 11 is 0. The number of anilines is 1. The number of carbonyl (C=O) groups excluding carboxylic acids is 2. The lowest BCUT2D eigenvalue weighted by atomic mass is 10.1. The zero-order valence-corrected chi connectivity index (χ0v) is 16.0. The number of fused-ring (bicyclic) bond motifs is 1. The number of amides is 2. The predicted molar refractivity (Wildman–Crippen MR) is 101 cm³/mol. The van der Waals surface area contributed by atoms with Gasteiger partial charge in [0.15, 0.2) is 17.5 Å². The van der Waals surface area contributed by atoms with Crippen LogP contribution in [0.4, 0.5) is 14.5 Å². The molecule has 1 aromatic carbocycles. The highest BCUT2D eigenvalue weighted by atomic mass is 19.2. The fourth-order valence-corrected chi connectivity index (χ4v) is 3.22. The van der Waals surface area contributed by atoms with Crippen molar-refractivity contribution in [3.8, 4) is 0 Å². The lowest BCUT2D eigenvalue weighted by Crippen LogP contribution is -2.27. The summed E-state index contributed by atoms with van der Waals surface area (Å²) in [4.78, 5) is 29.5. The van der Waals surface area contributed by atoms with E-state index in [0.717, 1.165) is 37.1 Å². The maximum atomic E-state index is 13.4. The van der Waals surface area contributed by atoms with E-state index in [1.54, 1.807) is 4.57 Å². The molecule has 6 nitrogen and oxygen atoms in total. The average molecular weight is 390 g/mol. The quantitative estimate of drug-likeness (QED) is 0.792. The van der Waals surface area contributed by atoms with Gasteiger partial charge in [0.25, 0.3) is 11.8 Å². The molecule has 0 fully saturated rings. The van der Waals surface area contributed by atoms with Crippen molar-refractivity contribution >= 4 is 17.5 Å². The van der Waals surface area contributed by atoms with Gasteiger partial charge in [-0.15, -0.1) is 0 Å². The third kappa shape index (κ3) is 4.37. The molecule has 0 saturated heterocycles. The van der Waals surface area contributed by atoms with Crippen LogP contribution in [0, 0.1) is 17.6 Å². The minimum absolute atomic E-state index is 0.105. The van der Waals surface area contributed by atoms with Crippen LogP contribution in [0.5, 0.6) is 0 Å². The summed E-state index contributed by atoms with van der Waals surface area (Å²) in [5, 5.41) is 5.38. The number of imidazole rings is 1.